The molecule has 0 radical (unpaired) electrons. The van der Waals surface area contributed by atoms with E-state index < -0.39 is 0 Å². The van der Waals surface area contributed by atoms with Crippen LogP contribution in [0.4, 0.5) is 5.69 Å². The van der Waals surface area contributed by atoms with E-state index in [-0.39, 0.29) is 5.76 Å². The Balaban J connectivity index is 1.24. The summed E-state index contributed by atoms with van der Waals surface area (Å²) < 4.78 is 7.03. The Bertz CT molecular complexity index is 957. The first-order chi connectivity index (χ1) is 13.2. The number of rotatable bonds is 6. The van der Waals surface area contributed by atoms with Crippen LogP contribution >= 0.6 is 11.6 Å². The molecule has 0 saturated carbocycles. The maximum Gasteiger partial charge on any atom is 0.419 e. The largest absolute Gasteiger partial charge is 0.419 e. The first-order valence-electron chi connectivity index (χ1n) is 9.52. The molecule has 2 heterocycles. The van der Waals surface area contributed by atoms with Crippen LogP contribution in [0, 0.1) is 0 Å². The van der Waals surface area contributed by atoms with Gasteiger partial charge in [0.15, 0.2) is 5.58 Å². The number of anilines is 1. The van der Waals surface area contributed by atoms with E-state index in [2.05, 4.69) is 15.9 Å². The van der Waals surface area contributed by atoms with E-state index in [0.717, 1.165) is 56.1 Å². The average Bonchev–Trinajstić information content (AvgIpc) is 3.01. The highest BCUT2D eigenvalue weighted by Gasteiger charge is 2.17. The molecule has 0 bridgehead atoms. The number of fused-ring (bicyclic) bond motifs is 1. The summed E-state index contributed by atoms with van der Waals surface area (Å²) in [5.74, 6) is -0.258. The third-order valence-corrected chi connectivity index (χ3v) is 5.46. The van der Waals surface area contributed by atoms with Gasteiger partial charge in [-0.2, -0.15) is 0 Å². The molecule has 0 N–H and O–H groups in total. The second-order valence-electron chi connectivity index (χ2n) is 7.00. The van der Waals surface area contributed by atoms with E-state index in [1.54, 1.807) is 4.57 Å². The number of oxazole rings is 1. The quantitative estimate of drug-likeness (QED) is 0.604. The van der Waals surface area contributed by atoms with Gasteiger partial charge in [0, 0.05) is 43.4 Å². The number of para-hydroxylation sites is 2. The first kappa shape index (κ1) is 18.1. The van der Waals surface area contributed by atoms with Crippen LogP contribution in [0.5, 0.6) is 0 Å². The Morgan fingerprint density at radius 1 is 0.926 bits per heavy atom. The zero-order valence-electron chi connectivity index (χ0n) is 15.3. The van der Waals surface area contributed by atoms with Crippen molar-refractivity contribution in [3.8, 4) is 0 Å². The van der Waals surface area contributed by atoms with E-state index in [9.17, 15) is 4.79 Å². The second-order valence-corrected chi connectivity index (χ2v) is 7.44. The summed E-state index contributed by atoms with van der Waals surface area (Å²) in [4.78, 5) is 16.9. The number of aromatic nitrogens is 1. The molecule has 0 amide bonds. The second kappa shape index (κ2) is 8.19. The molecule has 27 heavy (non-hydrogen) atoms. The van der Waals surface area contributed by atoms with Gasteiger partial charge in [0.1, 0.15) is 0 Å². The normalized spacial score (nSPS) is 15.5. The van der Waals surface area contributed by atoms with Crippen molar-refractivity contribution in [3.63, 3.8) is 0 Å². The summed E-state index contributed by atoms with van der Waals surface area (Å²) in [7, 11) is 0. The Kier molecular flexibility index (Phi) is 5.50. The maximum absolute atomic E-state index is 12.0. The SMILES string of the molecule is O=c1oc2ccccc2n1CCCCN1CCN(c2cccc(Cl)c2)CC1. The molecule has 1 aromatic heterocycles. The van der Waals surface area contributed by atoms with Crippen LogP contribution in [0.1, 0.15) is 12.8 Å². The summed E-state index contributed by atoms with van der Waals surface area (Å²) in [6, 6.07) is 15.7. The fourth-order valence-corrected chi connectivity index (χ4v) is 3.92. The molecule has 1 aliphatic rings. The van der Waals surface area contributed by atoms with Crippen LogP contribution in [0.2, 0.25) is 5.02 Å². The minimum Gasteiger partial charge on any atom is -0.408 e. The standard InChI is InChI=1S/C21H24ClN3O2/c22-17-6-5-7-18(16-17)24-14-12-23(13-15-24)10-3-4-11-25-19-8-1-2-9-20(19)27-21(25)26/h1-2,5-9,16H,3-4,10-15H2. The number of piperazine rings is 1. The minimum absolute atomic E-state index is 0.258. The summed E-state index contributed by atoms with van der Waals surface area (Å²) in [5.41, 5.74) is 2.76. The Morgan fingerprint density at radius 2 is 1.70 bits per heavy atom. The Labute approximate surface area is 163 Å². The van der Waals surface area contributed by atoms with Crippen molar-refractivity contribution < 1.29 is 4.42 Å². The van der Waals surface area contributed by atoms with Gasteiger partial charge in [-0.15, -0.1) is 0 Å². The van der Waals surface area contributed by atoms with E-state index in [1.165, 1.54) is 5.69 Å². The van der Waals surface area contributed by atoms with E-state index in [4.69, 9.17) is 16.0 Å². The number of nitrogens with zero attached hydrogens (tertiary/aromatic N) is 3. The lowest BCUT2D eigenvalue weighted by Gasteiger charge is -2.36. The van der Waals surface area contributed by atoms with Gasteiger partial charge in [0.25, 0.3) is 0 Å². The van der Waals surface area contributed by atoms with Crippen molar-refractivity contribution in [1.29, 1.82) is 0 Å². The zero-order valence-corrected chi connectivity index (χ0v) is 16.1. The first-order valence-corrected chi connectivity index (χ1v) is 9.90. The van der Waals surface area contributed by atoms with Gasteiger partial charge in [0.2, 0.25) is 0 Å². The van der Waals surface area contributed by atoms with Crippen molar-refractivity contribution in [2.75, 3.05) is 37.6 Å². The fraction of sp³-hybridized carbons (Fsp3) is 0.381. The molecule has 1 fully saturated rings. The summed E-state index contributed by atoms with van der Waals surface area (Å²) in [6.45, 7) is 5.92. The predicted molar refractivity (Wildman–Crippen MR) is 110 cm³/mol. The molecule has 4 rings (SSSR count). The highest BCUT2D eigenvalue weighted by atomic mass is 35.5. The third-order valence-electron chi connectivity index (χ3n) is 5.23. The highest BCUT2D eigenvalue weighted by Crippen LogP contribution is 2.21. The molecular weight excluding hydrogens is 362 g/mol. The number of halogens is 1. The molecule has 1 aliphatic heterocycles. The molecule has 0 aliphatic carbocycles. The molecule has 1 saturated heterocycles. The smallest absolute Gasteiger partial charge is 0.408 e. The van der Waals surface area contributed by atoms with Gasteiger partial charge >= 0.3 is 5.76 Å². The summed E-state index contributed by atoms with van der Waals surface area (Å²) >= 11 is 6.10. The predicted octanol–water partition coefficient (Wildman–Crippen LogP) is 3.85. The molecular formula is C21H24ClN3O2. The lowest BCUT2D eigenvalue weighted by Crippen LogP contribution is -2.46. The molecule has 3 aromatic rings. The third kappa shape index (κ3) is 4.20. The molecule has 6 heteroatoms. The lowest BCUT2D eigenvalue weighted by molar-refractivity contribution is 0.251. The molecule has 0 spiro atoms. The molecule has 0 atom stereocenters. The van der Waals surface area contributed by atoms with Gasteiger partial charge in [-0.05, 0) is 49.7 Å². The van der Waals surface area contributed by atoms with Crippen LogP contribution in [0.15, 0.2) is 57.7 Å². The van der Waals surface area contributed by atoms with Crippen LogP contribution in [0.3, 0.4) is 0 Å². The highest BCUT2D eigenvalue weighted by molar-refractivity contribution is 6.30. The molecule has 142 valence electrons. The number of benzene rings is 2. The van der Waals surface area contributed by atoms with Gasteiger partial charge < -0.3 is 9.32 Å². The Morgan fingerprint density at radius 3 is 2.52 bits per heavy atom. The van der Waals surface area contributed by atoms with Crippen LogP contribution < -0.4 is 10.7 Å². The topological polar surface area (TPSA) is 41.6 Å². The number of aryl methyl sites for hydroxylation is 1. The van der Waals surface area contributed by atoms with Crippen molar-refractivity contribution in [2.45, 2.75) is 19.4 Å². The molecule has 2 aromatic carbocycles. The summed E-state index contributed by atoms with van der Waals surface area (Å²) in [6.07, 6.45) is 2.04. The number of unbranched alkanes of at least 4 members (excludes halogenated alkanes) is 1. The lowest BCUT2D eigenvalue weighted by atomic mass is 10.2. The fourth-order valence-electron chi connectivity index (χ4n) is 3.73. The minimum atomic E-state index is -0.258. The average molecular weight is 386 g/mol. The van der Waals surface area contributed by atoms with Crippen LogP contribution in [-0.2, 0) is 6.54 Å². The zero-order chi connectivity index (χ0) is 18.6. The van der Waals surface area contributed by atoms with Gasteiger partial charge in [0.05, 0.1) is 5.52 Å². The van der Waals surface area contributed by atoms with Crippen LogP contribution in [0.25, 0.3) is 11.1 Å². The van der Waals surface area contributed by atoms with Gasteiger partial charge in [-0.1, -0.05) is 29.8 Å². The van der Waals surface area contributed by atoms with Crippen molar-refractivity contribution in [2.24, 2.45) is 0 Å². The van der Waals surface area contributed by atoms with Crippen molar-refractivity contribution in [3.05, 3.63) is 64.1 Å². The van der Waals surface area contributed by atoms with E-state index in [0.29, 0.717) is 12.1 Å². The van der Waals surface area contributed by atoms with Gasteiger partial charge in [-0.25, -0.2) is 4.79 Å². The number of hydrogen-bond acceptors (Lipinski definition) is 4. The number of hydrogen-bond donors (Lipinski definition) is 0. The van der Waals surface area contributed by atoms with E-state index >= 15 is 0 Å². The molecule has 0 unspecified atom stereocenters. The molecule has 5 nitrogen and oxygen atoms in total. The van der Waals surface area contributed by atoms with E-state index in [1.807, 2.05) is 42.5 Å². The van der Waals surface area contributed by atoms with Crippen LogP contribution in [-0.4, -0.2) is 42.2 Å². The van der Waals surface area contributed by atoms with Crippen molar-refractivity contribution >= 4 is 28.4 Å². The summed E-state index contributed by atoms with van der Waals surface area (Å²) in [5, 5.41) is 0.789. The maximum atomic E-state index is 12.0. The monoisotopic (exact) mass is 385 g/mol. The Hall–Kier alpha value is -2.24. The van der Waals surface area contributed by atoms with Crippen molar-refractivity contribution in [1.82, 2.24) is 9.47 Å². The van der Waals surface area contributed by atoms with Gasteiger partial charge in [-0.3, -0.25) is 9.47 Å².